The number of benzene rings is 2. The second-order valence-electron chi connectivity index (χ2n) is 17.2. The summed E-state index contributed by atoms with van der Waals surface area (Å²) in [4.78, 5) is 0. The fourth-order valence-electron chi connectivity index (χ4n) is 9.03. The summed E-state index contributed by atoms with van der Waals surface area (Å²) in [6, 6.07) is 15.2. The van der Waals surface area contributed by atoms with Crippen molar-refractivity contribution in [1.29, 1.82) is 0 Å². The van der Waals surface area contributed by atoms with Crippen LogP contribution in [0.1, 0.15) is 136 Å². The van der Waals surface area contributed by atoms with Crippen molar-refractivity contribution < 1.29 is 49.0 Å². The van der Waals surface area contributed by atoms with E-state index in [-0.39, 0.29) is 35.6 Å². The van der Waals surface area contributed by atoms with Crippen molar-refractivity contribution in [2.75, 3.05) is 0 Å². The fraction of sp³-hybridized carbons (Fsp3) is 0.595. The second-order valence-corrected chi connectivity index (χ2v) is 19.6. The van der Waals surface area contributed by atoms with E-state index < -0.39 is 0 Å². The molecule has 4 saturated carbocycles. The first-order chi connectivity index (χ1) is 20.0. The van der Waals surface area contributed by atoms with E-state index in [2.05, 4.69) is 118 Å². The molecule has 4 fully saturated rings. The molecule has 3 heteroatoms. The van der Waals surface area contributed by atoms with Crippen LogP contribution in [0.3, 0.4) is 0 Å². The molecule has 0 saturated heterocycles. The van der Waals surface area contributed by atoms with Crippen molar-refractivity contribution in [2.24, 2.45) is 29.1 Å². The van der Waals surface area contributed by atoms with Gasteiger partial charge in [0.05, 0.1) is 0 Å². The van der Waals surface area contributed by atoms with Gasteiger partial charge in [-0.05, 0) is 90.1 Å². The van der Waals surface area contributed by atoms with Gasteiger partial charge in [-0.15, -0.1) is 11.1 Å². The van der Waals surface area contributed by atoms with Gasteiger partial charge in [0.15, 0.2) is 0 Å². The number of hydrogen-bond donors (Lipinski definition) is 0. The molecule has 0 N–H and O–H groups in total. The quantitative estimate of drug-likeness (QED) is 0.315. The molecule has 0 nitrogen and oxygen atoms in total. The Hall–Kier alpha value is -0.747. The minimum Gasteiger partial charge on any atom is -1.00 e. The molecule has 4 bridgehead atoms. The van der Waals surface area contributed by atoms with Crippen LogP contribution in [0.15, 0.2) is 47.6 Å². The molecule has 2 aromatic rings. The van der Waals surface area contributed by atoms with Gasteiger partial charge in [-0.25, -0.2) is 5.57 Å². The molecule has 8 rings (SSSR count). The molecule has 0 radical (unpaired) electrons. The number of allylic oxidation sites excluding steroid dienone is 4. The molecular formula is C42H56Cl2Zr-2. The monoisotopic (exact) mass is 720 g/mol. The number of fused-ring (bicyclic) bond motifs is 3. The van der Waals surface area contributed by atoms with Crippen LogP contribution in [0, 0.1) is 41.2 Å². The Bertz CT molecular complexity index is 1330. The van der Waals surface area contributed by atoms with E-state index in [1.165, 1.54) is 48.6 Å². The van der Waals surface area contributed by atoms with Crippen LogP contribution < -0.4 is 24.8 Å². The molecule has 0 aromatic heterocycles. The van der Waals surface area contributed by atoms with E-state index in [9.17, 15) is 0 Å². The van der Waals surface area contributed by atoms with Crippen LogP contribution in [-0.2, 0) is 41.5 Å². The van der Waals surface area contributed by atoms with Gasteiger partial charge < -0.3 is 24.8 Å². The van der Waals surface area contributed by atoms with Gasteiger partial charge in [-0.3, -0.25) is 6.08 Å². The van der Waals surface area contributed by atoms with Crippen molar-refractivity contribution in [3.05, 3.63) is 82.0 Å². The summed E-state index contributed by atoms with van der Waals surface area (Å²) in [6.07, 6.45) is 17.8. The predicted molar refractivity (Wildman–Crippen MR) is 182 cm³/mol. The maximum absolute atomic E-state index is 3.67. The smallest absolute Gasteiger partial charge is 1.00 e. The predicted octanol–water partition coefficient (Wildman–Crippen LogP) is 5.32. The third-order valence-corrected chi connectivity index (χ3v) is 10.6. The Labute approximate surface area is 303 Å². The maximum atomic E-state index is 3.67. The van der Waals surface area contributed by atoms with Crippen molar-refractivity contribution >= 4 is 3.21 Å². The summed E-state index contributed by atoms with van der Waals surface area (Å²) in [5.41, 5.74) is 12.5. The molecular weight excluding hydrogens is 667 g/mol. The van der Waals surface area contributed by atoms with E-state index in [1.54, 1.807) is 68.3 Å². The van der Waals surface area contributed by atoms with Crippen LogP contribution in [0.4, 0.5) is 0 Å². The summed E-state index contributed by atoms with van der Waals surface area (Å²) >= 11 is 1.55. The number of halogens is 2. The maximum Gasteiger partial charge on any atom is -1.00 e. The van der Waals surface area contributed by atoms with Crippen LogP contribution in [0.2, 0.25) is 0 Å². The minimum absolute atomic E-state index is 0. The van der Waals surface area contributed by atoms with E-state index in [0.29, 0.717) is 11.3 Å². The zero-order valence-electron chi connectivity index (χ0n) is 29.7. The third kappa shape index (κ3) is 9.24. The SMILES string of the molecule is CC(C)(C)c1[c-]c2c(cc1)-c1ccc(C(C)(C)C)cc1C2.CC1=[C-]C(C)C=C1CC12CC3CC(CC(C3)C1)C2.C[C](C)=[Zr+2].[Cl-].[Cl-]. The van der Waals surface area contributed by atoms with Gasteiger partial charge in [-0.1, -0.05) is 91.5 Å². The average molecular weight is 723 g/mol. The fourth-order valence-corrected chi connectivity index (χ4v) is 9.03. The zero-order chi connectivity index (χ0) is 31.3. The standard InChI is InChI=1S/C21H25.C18H25.C3H6.2ClH.Zr/c1-20(2,3)16-7-9-18-14(12-16)11-15-13-17(21(4,5)6)8-10-19(15)18;1-12-3-13(2)17(4-12)11-18-8-14-5-15(9-18)7-16(6-14)10-18;1-3-2;;;/h7-10,12H,11H2,1-6H3;4,12,14-16H,5-11H2,1-2H3;1-2H3;2*1H;/q2*-1;;;;+2/p-2. The van der Waals surface area contributed by atoms with Gasteiger partial charge in [0.2, 0.25) is 0 Å². The van der Waals surface area contributed by atoms with Crippen LogP contribution in [0.25, 0.3) is 11.1 Å². The van der Waals surface area contributed by atoms with Gasteiger partial charge in [0, 0.05) is 0 Å². The van der Waals surface area contributed by atoms with Crippen LogP contribution >= 0.6 is 0 Å². The summed E-state index contributed by atoms with van der Waals surface area (Å²) in [5.74, 6) is 3.82. The summed E-state index contributed by atoms with van der Waals surface area (Å²) in [5, 5.41) is 0. The Morgan fingerprint density at radius 1 is 0.844 bits per heavy atom. The number of rotatable bonds is 2. The van der Waals surface area contributed by atoms with Crippen molar-refractivity contribution in [3.8, 4) is 11.1 Å². The first kappa shape index (κ1) is 38.7. The molecule has 0 amide bonds. The molecule has 6 aliphatic rings. The molecule has 0 spiro atoms. The van der Waals surface area contributed by atoms with Gasteiger partial charge in [-0.2, -0.15) is 35.4 Å². The van der Waals surface area contributed by atoms with Gasteiger partial charge in [0.25, 0.3) is 0 Å². The van der Waals surface area contributed by atoms with Gasteiger partial charge in [0.1, 0.15) is 0 Å². The van der Waals surface area contributed by atoms with Gasteiger partial charge >= 0.3 is 41.3 Å². The Kier molecular flexibility index (Phi) is 12.7. The normalized spacial score (nSPS) is 26.9. The first-order valence-electron chi connectivity index (χ1n) is 17.0. The molecule has 0 heterocycles. The Morgan fingerprint density at radius 2 is 1.38 bits per heavy atom. The van der Waals surface area contributed by atoms with E-state index >= 15 is 0 Å². The van der Waals surface area contributed by atoms with Crippen LogP contribution in [0.5, 0.6) is 0 Å². The summed E-state index contributed by atoms with van der Waals surface area (Å²) < 4.78 is 1.51. The molecule has 0 aliphatic heterocycles. The minimum atomic E-state index is 0. The van der Waals surface area contributed by atoms with Crippen molar-refractivity contribution in [2.45, 2.75) is 131 Å². The topological polar surface area (TPSA) is 0 Å². The van der Waals surface area contributed by atoms with E-state index in [0.717, 1.165) is 24.2 Å². The Balaban J connectivity index is 0.000000213. The molecule has 1 atom stereocenters. The summed E-state index contributed by atoms with van der Waals surface area (Å²) in [6.45, 7) is 22.4. The summed E-state index contributed by atoms with van der Waals surface area (Å²) in [7, 11) is 0. The second kappa shape index (κ2) is 14.8. The van der Waals surface area contributed by atoms with Crippen molar-refractivity contribution in [3.63, 3.8) is 0 Å². The Morgan fingerprint density at radius 3 is 1.84 bits per heavy atom. The molecule has 2 aromatic carbocycles. The zero-order valence-corrected chi connectivity index (χ0v) is 33.7. The molecule has 6 aliphatic carbocycles. The number of hydrogen-bond acceptors (Lipinski definition) is 0. The van der Waals surface area contributed by atoms with Crippen LogP contribution in [-0.4, -0.2) is 3.21 Å². The molecule has 244 valence electrons. The molecule has 1 unspecified atom stereocenters. The average Bonchev–Trinajstić information content (AvgIpc) is 3.39. The third-order valence-electron chi connectivity index (χ3n) is 10.6. The van der Waals surface area contributed by atoms with E-state index in [1.807, 2.05) is 0 Å². The van der Waals surface area contributed by atoms with E-state index in [4.69, 9.17) is 0 Å². The molecule has 45 heavy (non-hydrogen) atoms. The first-order valence-corrected chi connectivity index (χ1v) is 18.3. The van der Waals surface area contributed by atoms with Crippen molar-refractivity contribution in [1.82, 2.24) is 0 Å². The largest absolute Gasteiger partial charge is 1.00 e.